The topological polar surface area (TPSA) is 0 Å². The highest BCUT2D eigenvalue weighted by atomic mass is 79.9. The Morgan fingerprint density at radius 2 is 1.00 bits per heavy atom. The molecule has 0 N–H and O–H groups in total. The first-order valence-electron chi connectivity index (χ1n) is 7.93. The Morgan fingerprint density at radius 1 is 0.588 bits per heavy atom. The zero-order chi connectivity index (χ0) is 12.3. The summed E-state index contributed by atoms with van der Waals surface area (Å²) in [6.07, 6.45) is 18.9. The number of halogens is 1. The molecule has 0 aliphatic heterocycles. The predicted octanol–water partition coefficient (Wildman–Crippen LogP) is 6.47. The molecule has 1 heteroatoms. The van der Waals surface area contributed by atoms with E-state index in [9.17, 15) is 0 Å². The Balaban J connectivity index is 2.20. The van der Waals surface area contributed by atoms with Crippen molar-refractivity contribution in [1.29, 1.82) is 0 Å². The van der Waals surface area contributed by atoms with Crippen LogP contribution in [0.1, 0.15) is 90.4 Å². The van der Waals surface area contributed by atoms with Crippen LogP contribution in [0.4, 0.5) is 0 Å². The second kappa shape index (κ2) is 10.4. The van der Waals surface area contributed by atoms with Crippen molar-refractivity contribution >= 4 is 15.9 Å². The van der Waals surface area contributed by atoms with Gasteiger partial charge in [-0.15, -0.1) is 0 Å². The first-order valence-corrected chi connectivity index (χ1v) is 8.84. The minimum absolute atomic E-state index is 0.792. The first kappa shape index (κ1) is 15.5. The molecule has 17 heavy (non-hydrogen) atoms. The maximum atomic E-state index is 3.85. The molecule has 0 heterocycles. The van der Waals surface area contributed by atoms with Gasteiger partial charge in [0, 0.05) is 4.83 Å². The fourth-order valence-electron chi connectivity index (χ4n) is 2.90. The van der Waals surface area contributed by atoms with Crippen LogP contribution in [0.25, 0.3) is 0 Å². The van der Waals surface area contributed by atoms with Crippen LogP contribution in [-0.2, 0) is 0 Å². The molecule has 0 aromatic carbocycles. The van der Waals surface area contributed by atoms with Gasteiger partial charge < -0.3 is 0 Å². The molecule has 0 spiro atoms. The molecule has 102 valence electrons. The van der Waals surface area contributed by atoms with Crippen molar-refractivity contribution in [3.8, 4) is 0 Å². The van der Waals surface area contributed by atoms with Crippen LogP contribution in [-0.4, -0.2) is 4.83 Å². The molecule has 0 aromatic heterocycles. The summed E-state index contributed by atoms with van der Waals surface area (Å²) < 4.78 is 0. The Kier molecular flexibility index (Phi) is 9.51. The van der Waals surface area contributed by atoms with Crippen LogP contribution in [0.2, 0.25) is 0 Å². The van der Waals surface area contributed by atoms with E-state index in [1.807, 2.05) is 0 Å². The monoisotopic (exact) mass is 302 g/mol. The highest BCUT2D eigenvalue weighted by molar-refractivity contribution is 9.09. The van der Waals surface area contributed by atoms with Gasteiger partial charge >= 0.3 is 0 Å². The molecule has 1 aliphatic rings. The lowest BCUT2D eigenvalue weighted by Crippen LogP contribution is -2.00. The van der Waals surface area contributed by atoms with Crippen LogP contribution < -0.4 is 0 Å². The lowest BCUT2D eigenvalue weighted by atomic mass is 9.96. The second-order valence-corrected chi connectivity index (χ2v) is 7.33. The summed E-state index contributed by atoms with van der Waals surface area (Å²) in [5, 5.41) is 0. The standard InChI is InChI=1S/C16H31Br/c1-15-11-8-6-4-2-3-5-7-9-13-16(17)14-10-12-15/h15-16H,2-14H2,1H3. The lowest BCUT2D eigenvalue weighted by Gasteiger charge is -2.13. The average Bonchev–Trinajstić information content (AvgIpc) is 2.31. The molecular formula is C16H31Br. The minimum Gasteiger partial charge on any atom is -0.0891 e. The molecule has 0 amide bonds. The van der Waals surface area contributed by atoms with Crippen molar-refractivity contribution < 1.29 is 0 Å². The lowest BCUT2D eigenvalue weighted by molar-refractivity contribution is 0.437. The fourth-order valence-corrected chi connectivity index (χ4v) is 3.54. The van der Waals surface area contributed by atoms with Gasteiger partial charge in [-0.25, -0.2) is 0 Å². The van der Waals surface area contributed by atoms with Crippen molar-refractivity contribution in [2.75, 3.05) is 0 Å². The zero-order valence-electron chi connectivity index (χ0n) is 11.7. The molecular weight excluding hydrogens is 272 g/mol. The number of hydrogen-bond acceptors (Lipinski definition) is 0. The normalized spacial score (nSPS) is 31.4. The Bertz CT molecular complexity index is 149. The van der Waals surface area contributed by atoms with Crippen molar-refractivity contribution in [3.05, 3.63) is 0 Å². The van der Waals surface area contributed by atoms with E-state index in [2.05, 4.69) is 22.9 Å². The summed E-state index contributed by atoms with van der Waals surface area (Å²) in [5.74, 6) is 0.958. The van der Waals surface area contributed by atoms with Gasteiger partial charge in [-0.1, -0.05) is 93.5 Å². The van der Waals surface area contributed by atoms with Gasteiger partial charge in [0.05, 0.1) is 0 Å². The van der Waals surface area contributed by atoms with E-state index in [1.54, 1.807) is 0 Å². The fraction of sp³-hybridized carbons (Fsp3) is 1.00. The van der Waals surface area contributed by atoms with Crippen LogP contribution in [0.15, 0.2) is 0 Å². The molecule has 0 saturated heterocycles. The Hall–Kier alpha value is 0.480. The quantitative estimate of drug-likeness (QED) is 0.450. The van der Waals surface area contributed by atoms with E-state index in [4.69, 9.17) is 0 Å². The van der Waals surface area contributed by atoms with Gasteiger partial charge in [-0.3, -0.25) is 0 Å². The maximum absolute atomic E-state index is 3.85. The summed E-state index contributed by atoms with van der Waals surface area (Å²) in [4.78, 5) is 0.792. The third-order valence-electron chi connectivity index (χ3n) is 4.18. The van der Waals surface area contributed by atoms with Gasteiger partial charge in [-0.05, 0) is 18.8 Å². The van der Waals surface area contributed by atoms with Crippen LogP contribution >= 0.6 is 15.9 Å². The largest absolute Gasteiger partial charge is 0.0891 e. The van der Waals surface area contributed by atoms with Gasteiger partial charge in [-0.2, -0.15) is 0 Å². The molecule has 1 saturated carbocycles. The number of alkyl halides is 1. The van der Waals surface area contributed by atoms with E-state index >= 15 is 0 Å². The third kappa shape index (κ3) is 9.11. The van der Waals surface area contributed by atoms with E-state index in [1.165, 1.54) is 83.5 Å². The van der Waals surface area contributed by atoms with Gasteiger partial charge in [0.2, 0.25) is 0 Å². The van der Waals surface area contributed by atoms with Crippen molar-refractivity contribution in [2.45, 2.75) is 95.2 Å². The van der Waals surface area contributed by atoms with Gasteiger partial charge in [0.1, 0.15) is 0 Å². The van der Waals surface area contributed by atoms with Crippen LogP contribution in [0.3, 0.4) is 0 Å². The van der Waals surface area contributed by atoms with Crippen LogP contribution in [0, 0.1) is 5.92 Å². The number of rotatable bonds is 0. The highest BCUT2D eigenvalue weighted by Gasteiger charge is 2.07. The van der Waals surface area contributed by atoms with E-state index in [0.29, 0.717) is 0 Å². The molecule has 0 radical (unpaired) electrons. The smallest absolute Gasteiger partial charge is 0.0145 e. The van der Waals surface area contributed by atoms with Crippen molar-refractivity contribution in [2.24, 2.45) is 5.92 Å². The van der Waals surface area contributed by atoms with Gasteiger partial charge in [0.25, 0.3) is 0 Å². The molecule has 1 aliphatic carbocycles. The summed E-state index contributed by atoms with van der Waals surface area (Å²) in [7, 11) is 0. The van der Waals surface area contributed by atoms with E-state index < -0.39 is 0 Å². The minimum atomic E-state index is 0.792. The zero-order valence-corrected chi connectivity index (χ0v) is 13.3. The summed E-state index contributed by atoms with van der Waals surface area (Å²) in [5.41, 5.74) is 0. The highest BCUT2D eigenvalue weighted by Crippen LogP contribution is 2.23. The van der Waals surface area contributed by atoms with E-state index in [-0.39, 0.29) is 0 Å². The van der Waals surface area contributed by atoms with E-state index in [0.717, 1.165) is 10.7 Å². The predicted molar refractivity (Wildman–Crippen MR) is 81.9 cm³/mol. The van der Waals surface area contributed by atoms with Crippen LogP contribution in [0.5, 0.6) is 0 Å². The first-order chi connectivity index (χ1) is 8.29. The molecule has 0 nitrogen and oxygen atoms in total. The molecule has 2 atom stereocenters. The average molecular weight is 303 g/mol. The molecule has 2 unspecified atom stereocenters. The SMILES string of the molecule is CC1CCCCCCCCCCC(Br)CCC1. The Labute approximate surface area is 117 Å². The molecule has 0 aromatic rings. The summed E-state index contributed by atoms with van der Waals surface area (Å²) in [6, 6.07) is 0. The van der Waals surface area contributed by atoms with Crippen molar-refractivity contribution in [3.63, 3.8) is 0 Å². The second-order valence-electron chi connectivity index (χ2n) is 6.04. The molecule has 1 rings (SSSR count). The van der Waals surface area contributed by atoms with Crippen molar-refractivity contribution in [1.82, 2.24) is 0 Å². The van der Waals surface area contributed by atoms with Gasteiger partial charge in [0.15, 0.2) is 0 Å². The molecule has 0 bridgehead atoms. The third-order valence-corrected chi connectivity index (χ3v) is 5.09. The summed E-state index contributed by atoms with van der Waals surface area (Å²) >= 11 is 3.85. The number of hydrogen-bond donors (Lipinski definition) is 0. The molecule has 1 fully saturated rings. The maximum Gasteiger partial charge on any atom is 0.0145 e. The Morgan fingerprint density at radius 3 is 1.65 bits per heavy atom. The summed E-state index contributed by atoms with van der Waals surface area (Å²) in [6.45, 7) is 2.45.